The van der Waals surface area contributed by atoms with Gasteiger partial charge in [-0.3, -0.25) is 0 Å². The SMILES string of the molecule is CCCc1nnsc1C(N)=NN. The second-order valence-electron chi connectivity index (χ2n) is 2.31. The van der Waals surface area contributed by atoms with Gasteiger partial charge in [0, 0.05) is 0 Å². The lowest BCUT2D eigenvalue weighted by molar-refractivity contribution is 0.867. The van der Waals surface area contributed by atoms with Gasteiger partial charge in [-0.2, -0.15) is 5.10 Å². The van der Waals surface area contributed by atoms with Gasteiger partial charge in [0.2, 0.25) is 0 Å². The molecule has 0 aliphatic carbocycles. The van der Waals surface area contributed by atoms with E-state index >= 15 is 0 Å². The van der Waals surface area contributed by atoms with E-state index in [-0.39, 0.29) is 0 Å². The first kappa shape index (κ1) is 8.92. The molecular weight excluding hydrogens is 174 g/mol. The Labute approximate surface area is 74.6 Å². The molecule has 0 fully saturated rings. The van der Waals surface area contributed by atoms with Crippen LogP contribution in [0.15, 0.2) is 5.10 Å². The number of rotatable bonds is 3. The van der Waals surface area contributed by atoms with Gasteiger partial charge >= 0.3 is 0 Å². The van der Waals surface area contributed by atoms with Crippen LogP contribution in [-0.4, -0.2) is 15.4 Å². The molecule has 0 amide bonds. The molecule has 0 aliphatic heterocycles. The number of aromatic nitrogens is 2. The van der Waals surface area contributed by atoms with Crippen molar-refractivity contribution in [3.8, 4) is 0 Å². The number of hydrogen-bond donors (Lipinski definition) is 2. The Morgan fingerprint density at radius 1 is 1.67 bits per heavy atom. The van der Waals surface area contributed by atoms with Crippen LogP contribution >= 0.6 is 11.5 Å². The van der Waals surface area contributed by atoms with Crippen LogP contribution in [0.1, 0.15) is 23.9 Å². The van der Waals surface area contributed by atoms with Gasteiger partial charge in [-0.15, -0.1) is 5.10 Å². The van der Waals surface area contributed by atoms with Gasteiger partial charge in [0.05, 0.1) is 5.69 Å². The molecule has 1 rings (SSSR count). The predicted octanol–water partition coefficient (Wildman–Crippen LogP) is 0.0696. The number of nitrogens with two attached hydrogens (primary N) is 2. The summed E-state index contributed by atoms with van der Waals surface area (Å²) in [7, 11) is 0. The van der Waals surface area contributed by atoms with Crippen LogP contribution in [0.3, 0.4) is 0 Å². The van der Waals surface area contributed by atoms with Crippen molar-refractivity contribution in [3.05, 3.63) is 10.6 Å². The summed E-state index contributed by atoms with van der Waals surface area (Å²) in [5, 5.41) is 7.33. The third kappa shape index (κ3) is 1.70. The lowest BCUT2D eigenvalue weighted by atomic mass is 10.2. The summed E-state index contributed by atoms with van der Waals surface area (Å²) >= 11 is 1.23. The lowest BCUT2D eigenvalue weighted by Gasteiger charge is -1.95. The van der Waals surface area contributed by atoms with Gasteiger partial charge in [0.1, 0.15) is 4.88 Å². The van der Waals surface area contributed by atoms with E-state index < -0.39 is 0 Å². The van der Waals surface area contributed by atoms with E-state index in [1.54, 1.807) is 0 Å². The predicted molar refractivity (Wildman–Crippen MR) is 48.8 cm³/mol. The maximum Gasteiger partial charge on any atom is 0.163 e. The Morgan fingerprint density at radius 2 is 2.42 bits per heavy atom. The highest BCUT2D eigenvalue weighted by Crippen LogP contribution is 2.11. The molecule has 1 heterocycles. The van der Waals surface area contributed by atoms with Crippen LogP contribution in [0, 0.1) is 0 Å². The van der Waals surface area contributed by atoms with Gasteiger partial charge in [-0.25, -0.2) is 0 Å². The Morgan fingerprint density at radius 3 is 3.00 bits per heavy atom. The molecule has 0 saturated carbocycles. The largest absolute Gasteiger partial charge is 0.381 e. The fourth-order valence-electron chi connectivity index (χ4n) is 0.862. The molecule has 1 aromatic rings. The van der Waals surface area contributed by atoms with Crippen molar-refractivity contribution in [3.63, 3.8) is 0 Å². The van der Waals surface area contributed by atoms with Gasteiger partial charge < -0.3 is 11.6 Å². The van der Waals surface area contributed by atoms with Crippen LogP contribution in [0.5, 0.6) is 0 Å². The van der Waals surface area contributed by atoms with Crippen LogP contribution in [0.4, 0.5) is 0 Å². The molecule has 12 heavy (non-hydrogen) atoms. The van der Waals surface area contributed by atoms with Crippen molar-refractivity contribution in [2.75, 3.05) is 0 Å². The number of aryl methyl sites for hydroxylation is 1. The highest BCUT2D eigenvalue weighted by atomic mass is 32.1. The first-order valence-corrected chi connectivity index (χ1v) is 4.41. The average Bonchev–Trinajstić information content (AvgIpc) is 2.52. The molecule has 0 aromatic carbocycles. The van der Waals surface area contributed by atoms with E-state index in [4.69, 9.17) is 11.6 Å². The van der Waals surface area contributed by atoms with Gasteiger partial charge in [0.25, 0.3) is 0 Å². The van der Waals surface area contributed by atoms with Crippen LogP contribution in [-0.2, 0) is 6.42 Å². The number of hydrogen-bond acceptors (Lipinski definition) is 5. The molecule has 66 valence electrons. The van der Waals surface area contributed by atoms with E-state index in [2.05, 4.69) is 21.6 Å². The van der Waals surface area contributed by atoms with Crippen molar-refractivity contribution in [1.29, 1.82) is 0 Å². The van der Waals surface area contributed by atoms with Crippen molar-refractivity contribution in [1.82, 2.24) is 9.59 Å². The van der Waals surface area contributed by atoms with E-state index in [0.717, 1.165) is 23.4 Å². The average molecular weight is 185 g/mol. The highest BCUT2D eigenvalue weighted by molar-refractivity contribution is 7.08. The summed E-state index contributed by atoms with van der Waals surface area (Å²) in [6, 6.07) is 0. The molecule has 6 heteroatoms. The quantitative estimate of drug-likeness (QED) is 0.302. The van der Waals surface area contributed by atoms with Gasteiger partial charge in [-0.05, 0) is 18.0 Å². The Kier molecular flexibility index (Phi) is 2.98. The lowest BCUT2D eigenvalue weighted by Crippen LogP contribution is -2.15. The van der Waals surface area contributed by atoms with E-state index in [0.29, 0.717) is 5.84 Å². The summed E-state index contributed by atoms with van der Waals surface area (Å²) in [5.41, 5.74) is 6.41. The zero-order valence-electron chi connectivity index (χ0n) is 6.82. The summed E-state index contributed by atoms with van der Waals surface area (Å²) in [4.78, 5) is 0.791. The second kappa shape index (κ2) is 4.01. The third-order valence-electron chi connectivity index (χ3n) is 1.41. The van der Waals surface area contributed by atoms with E-state index in [9.17, 15) is 0 Å². The topological polar surface area (TPSA) is 90.2 Å². The molecule has 0 spiro atoms. The van der Waals surface area contributed by atoms with Crippen LogP contribution in [0.2, 0.25) is 0 Å². The first-order valence-electron chi connectivity index (χ1n) is 3.64. The van der Waals surface area contributed by atoms with Gasteiger partial charge in [-0.1, -0.05) is 17.8 Å². The minimum Gasteiger partial charge on any atom is -0.381 e. The first-order chi connectivity index (χ1) is 5.79. The normalized spacial score (nSPS) is 11.9. The maximum atomic E-state index is 5.53. The third-order valence-corrected chi connectivity index (χ3v) is 2.20. The number of nitrogens with zero attached hydrogens (tertiary/aromatic N) is 3. The Hall–Kier alpha value is -1.17. The molecule has 0 unspecified atom stereocenters. The number of hydrazone groups is 1. The second-order valence-corrected chi connectivity index (χ2v) is 3.07. The molecule has 0 radical (unpaired) electrons. The zero-order chi connectivity index (χ0) is 8.97. The zero-order valence-corrected chi connectivity index (χ0v) is 7.64. The van der Waals surface area contributed by atoms with Crippen molar-refractivity contribution >= 4 is 17.4 Å². The van der Waals surface area contributed by atoms with Crippen LogP contribution < -0.4 is 11.6 Å². The van der Waals surface area contributed by atoms with E-state index in [1.807, 2.05) is 0 Å². The monoisotopic (exact) mass is 185 g/mol. The highest BCUT2D eigenvalue weighted by Gasteiger charge is 2.09. The standard InChI is InChI=1S/C6H11N5S/c1-2-3-4-5(6(7)9-8)12-11-10-4/h2-3,8H2,1H3,(H2,7,9). The molecule has 0 aliphatic rings. The van der Waals surface area contributed by atoms with Crippen molar-refractivity contribution in [2.24, 2.45) is 16.7 Å². The molecule has 0 saturated heterocycles. The van der Waals surface area contributed by atoms with Crippen molar-refractivity contribution in [2.45, 2.75) is 19.8 Å². The number of amidine groups is 1. The minimum absolute atomic E-state index is 0.313. The molecule has 1 aromatic heterocycles. The summed E-state index contributed by atoms with van der Waals surface area (Å²) in [6.07, 6.45) is 1.87. The maximum absolute atomic E-state index is 5.53. The molecular formula is C6H11N5S. The fourth-order valence-corrected chi connectivity index (χ4v) is 1.48. The molecule has 0 atom stereocenters. The van der Waals surface area contributed by atoms with E-state index in [1.165, 1.54) is 11.5 Å². The summed E-state index contributed by atoms with van der Waals surface area (Å²) < 4.78 is 3.79. The molecule has 5 nitrogen and oxygen atoms in total. The van der Waals surface area contributed by atoms with Crippen LogP contribution in [0.25, 0.3) is 0 Å². The smallest absolute Gasteiger partial charge is 0.163 e. The molecule has 0 bridgehead atoms. The van der Waals surface area contributed by atoms with Crippen molar-refractivity contribution < 1.29 is 0 Å². The fraction of sp³-hybridized carbons (Fsp3) is 0.500. The minimum atomic E-state index is 0.313. The van der Waals surface area contributed by atoms with Gasteiger partial charge in [0.15, 0.2) is 5.84 Å². The summed E-state index contributed by atoms with van der Waals surface area (Å²) in [5.74, 6) is 5.36. The summed E-state index contributed by atoms with van der Waals surface area (Å²) in [6.45, 7) is 2.07. The Bertz CT molecular complexity index is 279. The molecule has 4 N–H and O–H groups in total. The Balaban J connectivity index is 2.91.